The van der Waals surface area contributed by atoms with Gasteiger partial charge in [0.1, 0.15) is 0 Å². The number of H-pyrrole nitrogens is 1. The van der Waals surface area contributed by atoms with Gasteiger partial charge in [0, 0.05) is 6.07 Å². The lowest BCUT2D eigenvalue weighted by molar-refractivity contribution is -0.142. The second-order valence-electron chi connectivity index (χ2n) is 1.58. The maximum absolute atomic E-state index is 11.7. The van der Waals surface area contributed by atoms with Crippen molar-refractivity contribution in [3.63, 3.8) is 0 Å². The van der Waals surface area contributed by atoms with Crippen LogP contribution in [0, 0.1) is 4.71 Å². The van der Waals surface area contributed by atoms with Crippen LogP contribution in [-0.4, -0.2) is 5.16 Å². The van der Waals surface area contributed by atoms with Crippen molar-refractivity contribution in [2.75, 3.05) is 0 Å². The molecular weight excluding hydrogens is 167 g/mol. The average molecular weight is 169 g/mol. The lowest BCUT2D eigenvalue weighted by Gasteiger charge is -1.98. The van der Waals surface area contributed by atoms with Gasteiger partial charge in [0.25, 0.3) is 0 Å². The molecule has 0 bridgehead atoms. The van der Waals surface area contributed by atoms with E-state index in [0.29, 0.717) is 0 Å². The Bertz CT molecular complexity index is 273. The summed E-state index contributed by atoms with van der Waals surface area (Å²) >= 11 is 4.30. The zero-order chi connectivity index (χ0) is 7.78. The fourth-order valence-corrected chi connectivity index (χ4v) is 0.581. The molecule has 0 unspecified atom stereocenters. The molecule has 0 radical (unpaired) electrons. The molecule has 0 aromatic carbocycles. The van der Waals surface area contributed by atoms with Gasteiger partial charge >= 0.3 is 6.18 Å². The predicted octanol–water partition coefficient (Wildman–Crippen LogP) is 2.36. The van der Waals surface area contributed by atoms with Gasteiger partial charge in [0.2, 0.25) is 4.71 Å². The third-order valence-corrected chi connectivity index (χ3v) is 1.03. The van der Waals surface area contributed by atoms with Crippen molar-refractivity contribution in [1.82, 2.24) is 5.16 Å². The Morgan fingerprint density at radius 1 is 1.50 bits per heavy atom. The van der Waals surface area contributed by atoms with Crippen LogP contribution in [0.25, 0.3) is 0 Å². The van der Waals surface area contributed by atoms with Crippen molar-refractivity contribution >= 4 is 12.2 Å². The quantitative estimate of drug-likeness (QED) is 0.604. The van der Waals surface area contributed by atoms with Crippen molar-refractivity contribution in [1.29, 1.82) is 0 Å². The SMILES string of the molecule is FC(F)(F)c1cc(=S)o[nH]1. The minimum Gasteiger partial charge on any atom is -0.370 e. The first-order valence-electron chi connectivity index (χ1n) is 2.26. The summed E-state index contributed by atoms with van der Waals surface area (Å²) < 4.78 is 39.0. The van der Waals surface area contributed by atoms with Crippen molar-refractivity contribution in [3.8, 4) is 0 Å². The Hall–Kier alpha value is -0.780. The van der Waals surface area contributed by atoms with Crippen LogP contribution in [-0.2, 0) is 6.18 Å². The first kappa shape index (κ1) is 7.33. The summed E-state index contributed by atoms with van der Waals surface area (Å²) in [6.07, 6.45) is -4.40. The van der Waals surface area contributed by atoms with Crippen LogP contribution in [0.4, 0.5) is 13.2 Å². The summed E-state index contributed by atoms with van der Waals surface area (Å²) in [5, 5.41) is 1.64. The van der Waals surface area contributed by atoms with Gasteiger partial charge in [0.05, 0.1) is 0 Å². The number of aromatic amines is 1. The molecule has 1 aromatic rings. The molecule has 1 rings (SSSR count). The van der Waals surface area contributed by atoms with Gasteiger partial charge in [-0.3, -0.25) is 0 Å². The van der Waals surface area contributed by atoms with Gasteiger partial charge < -0.3 is 4.52 Å². The van der Waals surface area contributed by atoms with Crippen LogP contribution in [0.5, 0.6) is 0 Å². The molecule has 0 spiro atoms. The third-order valence-electron chi connectivity index (χ3n) is 0.829. The predicted molar refractivity (Wildman–Crippen MR) is 28.9 cm³/mol. The highest BCUT2D eigenvalue weighted by Crippen LogP contribution is 2.27. The van der Waals surface area contributed by atoms with Crippen molar-refractivity contribution in [2.45, 2.75) is 6.18 Å². The summed E-state index contributed by atoms with van der Waals surface area (Å²) in [4.78, 5) is 0. The number of hydrogen-bond donors (Lipinski definition) is 1. The maximum Gasteiger partial charge on any atom is 0.434 e. The van der Waals surface area contributed by atoms with E-state index >= 15 is 0 Å². The van der Waals surface area contributed by atoms with Gasteiger partial charge in [-0.1, -0.05) is 0 Å². The molecular formula is C4H2F3NOS. The van der Waals surface area contributed by atoms with Crippen molar-refractivity contribution < 1.29 is 17.7 Å². The molecule has 1 N–H and O–H groups in total. The number of alkyl halides is 3. The standard InChI is InChI=1S/C4H2F3NOS/c5-4(6,7)2-1-3(10)9-8-2/h1,8H. The number of aromatic nitrogens is 1. The molecule has 0 saturated carbocycles. The molecule has 1 heterocycles. The smallest absolute Gasteiger partial charge is 0.370 e. The fraction of sp³-hybridized carbons (Fsp3) is 0.250. The molecule has 56 valence electrons. The lowest BCUT2D eigenvalue weighted by atomic mass is 10.4. The van der Waals surface area contributed by atoms with E-state index in [-0.39, 0.29) is 4.71 Å². The Labute approximate surface area is 58.6 Å². The number of rotatable bonds is 0. The molecule has 0 aliphatic heterocycles. The maximum atomic E-state index is 11.7. The second kappa shape index (κ2) is 2.12. The van der Waals surface area contributed by atoms with Crippen LogP contribution in [0.2, 0.25) is 0 Å². The highest BCUT2D eigenvalue weighted by molar-refractivity contribution is 7.71. The molecule has 1 aromatic heterocycles. The van der Waals surface area contributed by atoms with Crippen LogP contribution in [0.3, 0.4) is 0 Å². The van der Waals surface area contributed by atoms with Crippen molar-refractivity contribution in [3.05, 3.63) is 16.5 Å². The van der Waals surface area contributed by atoms with Crippen LogP contribution < -0.4 is 0 Å². The Morgan fingerprint density at radius 2 is 2.10 bits per heavy atom. The summed E-state index contributed by atoms with van der Waals surface area (Å²) in [5.74, 6) is 0. The largest absolute Gasteiger partial charge is 0.434 e. The van der Waals surface area contributed by atoms with E-state index in [1.54, 1.807) is 5.16 Å². The number of hydrogen-bond acceptors (Lipinski definition) is 2. The lowest BCUT2D eigenvalue weighted by Crippen LogP contribution is -2.04. The first-order valence-corrected chi connectivity index (χ1v) is 2.66. The van der Waals surface area contributed by atoms with Crippen LogP contribution >= 0.6 is 12.2 Å². The topological polar surface area (TPSA) is 28.9 Å². The highest BCUT2D eigenvalue weighted by Gasteiger charge is 2.32. The third kappa shape index (κ3) is 1.38. The van der Waals surface area contributed by atoms with Crippen molar-refractivity contribution in [2.24, 2.45) is 0 Å². The molecule has 6 heteroatoms. The van der Waals surface area contributed by atoms with E-state index in [2.05, 4.69) is 16.7 Å². The molecule has 10 heavy (non-hydrogen) atoms. The normalized spacial score (nSPS) is 11.9. The fourth-order valence-electron chi connectivity index (χ4n) is 0.422. The molecule has 0 amide bonds. The highest BCUT2D eigenvalue weighted by atomic mass is 32.1. The summed E-state index contributed by atoms with van der Waals surface area (Å²) in [6.45, 7) is 0. The summed E-state index contributed by atoms with van der Waals surface area (Å²) in [7, 11) is 0. The zero-order valence-corrected chi connectivity index (χ0v) is 5.34. The van der Waals surface area contributed by atoms with Gasteiger partial charge in [0.15, 0.2) is 5.69 Å². The van der Waals surface area contributed by atoms with E-state index in [0.717, 1.165) is 6.07 Å². The molecule has 2 nitrogen and oxygen atoms in total. The molecule has 0 aliphatic rings. The molecule has 0 fully saturated rings. The average Bonchev–Trinajstić information content (AvgIpc) is 2.11. The van der Waals surface area contributed by atoms with Gasteiger partial charge in [-0.2, -0.15) is 13.2 Å². The Morgan fingerprint density at radius 3 is 2.30 bits per heavy atom. The summed E-state index contributed by atoms with van der Waals surface area (Å²) in [6, 6.07) is 0.718. The van der Waals surface area contributed by atoms with Crippen LogP contribution in [0.1, 0.15) is 5.69 Å². The number of halogens is 3. The Balaban J connectivity index is 3.07. The number of nitrogens with one attached hydrogen (secondary N) is 1. The van der Waals surface area contributed by atoms with Gasteiger partial charge in [-0.05, 0) is 12.2 Å². The first-order chi connectivity index (χ1) is 4.50. The molecule has 0 atom stereocenters. The molecule has 0 saturated heterocycles. The van der Waals surface area contributed by atoms with E-state index in [4.69, 9.17) is 0 Å². The van der Waals surface area contributed by atoms with E-state index in [9.17, 15) is 13.2 Å². The van der Waals surface area contributed by atoms with Crippen LogP contribution in [0.15, 0.2) is 10.6 Å². The van der Waals surface area contributed by atoms with E-state index < -0.39 is 11.9 Å². The van der Waals surface area contributed by atoms with Gasteiger partial charge in [-0.15, -0.1) is 0 Å². The molecule has 0 aliphatic carbocycles. The minimum absolute atomic E-state index is 0.202. The zero-order valence-electron chi connectivity index (χ0n) is 4.53. The second-order valence-corrected chi connectivity index (χ2v) is 1.98. The summed E-state index contributed by atoms with van der Waals surface area (Å²) in [5.41, 5.74) is -0.961. The monoisotopic (exact) mass is 169 g/mol. The van der Waals surface area contributed by atoms with E-state index in [1.807, 2.05) is 0 Å². The minimum atomic E-state index is -4.40. The Kier molecular flexibility index (Phi) is 1.55. The van der Waals surface area contributed by atoms with E-state index in [1.165, 1.54) is 0 Å². The van der Waals surface area contributed by atoms with Gasteiger partial charge in [-0.25, -0.2) is 5.16 Å².